The van der Waals surface area contributed by atoms with E-state index < -0.39 is 40.8 Å². The molecular formula is C11H22O8S. The van der Waals surface area contributed by atoms with Crippen LogP contribution in [0.25, 0.3) is 0 Å². The van der Waals surface area contributed by atoms with Crippen LogP contribution in [-0.2, 0) is 38.0 Å². The molecule has 8 nitrogen and oxygen atoms in total. The summed E-state index contributed by atoms with van der Waals surface area (Å²) in [6, 6.07) is 0. The van der Waals surface area contributed by atoms with Crippen LogP contribution in [0.4, 0.5) is 0 Å². The van der Waals surface area contributed by atoms with Gasteiger partial charge in [0.2, 0.25) is 0 Å². The molecule has 20 heavy (non-hydrogen) atoms. The minimum absolute atomic E-state index is 0.135. The number of methoxy groups -OCH3 is 4. The Bertz CT molecular complexity index is 384. The first-order valence-corrected chi connectivity index (χ1v) is 7.80. The highest BCUT2D eigenvalue weighted by Gasteiger charge is 2.49. The smallest absolute Gasteiger partial charge is 0.264 e. The van der Waals surface area contributed by atoms with E-state index in [2.05, 4.69) is 0 Å². The molecular weight excluding hydrogens is 292 g/mol. The molecule has 0 radical (unpaired) electrons. The maximum Gasteiger partial charge on any atom is 0.264 e. The highest BCUT2D eigenvalue weighted by Crippen LogP contribution is 2.28. The predicted octanol–water partition coefficient (Wildman–Crippen LogP) is -0.621. The van der Waals surface area contributed by atoms with Gasteiger partial charge in [0, 0.05) is 28.4 Å². The van der Waals surface area contributed by atoms with Crippen LogP contribution in [0.5, 0.6) is 0 Å². The second kappa shape index (κ2) is 7.64. The largest absolute Gasteiger partial charge is 0.382 e. The molecule has 0 N–H and O–H groups in total. The van der Waals surface area contributed by atoms with Gasteiger partial charge in [-0.25, -0.2) is 0 Å². The normalized spacial score (nSPS) is 35.1. The summed E-state index contributed by atoms with van der Waals surface area (Å²) in [5, 5.41) is 0. The van der Waals surface area contributed by atoms with Crippen molar-refractivity contribution in [2.24, 2.45) is 0 Å². The minimum atomic E-state index is -3.69. The second-order valence-electron chi connectivity index (χ2n) is 4.40. The van der Waals surface area contributed by atoms with Gasteiger partial charge < -0.3 is 23.7 Å². The zero-order chi connectivity index (χ0) is 15.3. The summed E-state index contributed by atoms with van der Waals surface area (Å²) in [6.45, 7) is 0.135. The molecule has 5 atom stereocenters. The quantitative estimate of drug-likeness (QED) is 0.574. The van der Waals surface area contributed by atoms with E-state index in [0.717, 1.165) is 6.26 Å². The number of hydrogen-bond acceptors (Lipinski definition) is 8. The zero-order valence-corrected chi connectivity index (χ0v) is 13.1. The van der Waals surface area contributed by atoms with Crippen molar-refractivity contribution in [3.05, 3.63) is 0 Å². The lowest BCUT2D eigenvalue weighted by Crippen LogP contribution is -2.61. The van der Waals surface area contributed by atoms with Gasteiger partial charge in [0.25, 0.3) is 10.1 Å². The van der Waals surface area contributed by atoms with E-state index >= 15 is 0 Å². The fourth-order valence-corrected chi connectivity index (χ4v) is 2.84. The van der Waals surface area contributed by atoms with Crippen LogP contribution in [0.3, 0.4) is 0 Å². The highest BCUT2D eigenvalue weighted by atomic mass is 32.2. The van der Waals surface area contributed by atoms with Gasteiger partial charge in [-0.05, 0) is 0 Å². The third kappa shape index (κ3) is 4.35. The Morgan fingerprint density at radius 2 is 1.55 bits per heavy atom. The van der Waals surface area contributed by atoms with Gasteiger partial charge in [-0.1, -0.05) is 0 Å². The van der Waals surface area contributed by atoms with E-state index in [1.54, 1.807) is 0 Å². The number of ether oxygens (including phenoxy) is 5. The molecule has 1 rings (SSSR count). The maximum absolute atomic E-state index is 11.4. The molecule has 1 fully saturated rings. The van der Waals surface area contributed by atoms with Crippen LogP contribution < -0.4 is 0 Å². The Morgan fingerprint density at radius 3 is 1.95 bits per heavy atom. The Hall–Kier alpha value is -0.290. The van der Waals surface area contributed by atoms with Crippen molar-refractivity contribution in [1.82, 2.24) is 0 Å². The van der Waals surface area contributed by atoms with E-state index in [-0.39, 0.29) is 6.61 Å². The minimum Gasteiger partial charge on any atom is -0.382 e. The molecule has 0 amide bonds. The Labute approximate surface area is 119 Å². The van der Waals surface area contributed by atoms with Gasteiger partial charge >= 0.3 is 0 Å². The molecule has 0 saturated carbocycles. The van der Waals surface area contributed by atoms with Crippen LogP contribution >= 0.6 is 0 Å². The van der Waals surface area contributed by atoms with Crippen LogP contribution in [0, 0.1) is 0 Å². The second-order valence-corrected chi connectivity index (χ2v) is 6.00. The number of hydrogen-bond donors (Lipinski definition) is 0. The molecule has 1 saturated heterocycles. The maximum atomic E-state index is 11.4. The molecule has 1 heterocycles. The van der Waals surface area contributed by atoms with Crippen molar-refractivity contribution >= 4 is 10.1 Å². The van der Waals surface area contributed by atoms with Gasteiger partial charge in [0.05, 0.1) is 12.9 Å². The van der Waals surface area contributed by atoms with Crippen LogP contribution in [0.15, 0.2) is 0 Å². The summed E-state index contributed by atoms with van der Waals surface area (Å²) in [4.78, 5) is 0. The summed E-state index contributed by atoms with van der Waals surface area (Å²) < 4.78 is 54.4. The molecule has 9 heteroatoms. The third-order valence-corrected chi connectivity index (χ3v) is 3.56. The topological polar surface area (TPSA) is 89.5 Å². The Morgan fingerprint density at radius 1 is 0.950 bits per heavy atom. The van der Waals surface area contributed by atoms with Crippen molar-refractivity contribution in [1.29, 1.82) is 0 Å². The van der Waals surface area contributed by atoms with Gasteiger partial charge in [0.15, 0.2) is 6.29 Å². The molecule has 0 unspecified atom stereocenters. The average molecular weight is 314 g/mol. The van der Waals surface area contributed by atoms with Crippen molar-refractivity contribution in [3.63, 3.8) is 0 Å². The fraction of sp³-hybridized carbons (Fsp3) is 1.00. The lowest BCUT2D eigenvalue weighted by molar-refractivity contribution is -0.299. The first kappa shape index (κ1) is 17.8. The summed E-state index contributed by atoms with van der Waals surface area (Å²) in [5.74, 6) is 0. The van der Waals surface area contributed by atoms with E-state index in [0.29, 0.717) is 0 Å². The molecule has 1 aliphatic rings. The number of rotatable bonds is 7. The van der Waals surface area contributed by atoms with Crippen LogP contribution in [0.2, 0.25) is 0 Å². The first-order chi connectivity index (χ1) is 9.37. The standard InChI is InChI=1S/C11H22O8S/c1-14-6-7-8(19-20(5,12)13)9(15-2)10(16-3)11(17-4)18-7/h7-11H,6H2,1-5H3/t7-,8+,9+,10-,11-/m1/s1. The fourth-order valence-electron chi connectivity index (χ4n) is 2.20. The summed E-state index contributed by atoms with van der Waals surface area (Å²) in [6.07, 6.45) is -2.57. The summed E-state index contributed by atoms with van der Waals surface area (Å²) in [7, 11) is 2.16. The van der Waals surface area contributed by atoms with Gasteiger partial charge in [-0.15, -0.1) is 0 Å². The van der Waals surface area contributed by atoms with E-state index in [1.807, 2.05) is 0 Å². The van der Waals surface area contributed by atoms with Crippen molar-refractivity contribution in [2.75, 3.05) is 41.3 Å². The SMILES string of the molecule is COC[C@H]1O[C@@H](OC)[C@H](OC)[C@@H](OC)[C@H]1OS(C)(=O)=O. The van der Waals surface area contributed by atoms with E-state index in [9.17, 15) is 8.42 Å². The van der Waals surface area contributed by atoms with E-state index in [1.165, 1.54) is 28.4 Å². The van der Waals surface area contributed by atoms with Crippen molar-refractivity contribution < 1.29 is 36.3 Å². The lowest BCUT2D eigenvalue weighted by atomic mass is 9.99. The lowest BCUT2D eigenvalue weighted by Gasteiger charge is -2.43. The van der Waals surface area contributed by atoms with Gasteiger partial charge in [-0.2, -0.15) is 8.42 Å². The summed E-state index contributed by atoms with van der Waals surface area (Å²) in [5.41, 5.74) is 0. The average Bonchev–Trinajstić information content (AvgIpc) is 2.38. The van der Waals surface area contributed by atoms with E-state index in [4.69, 9.17) is 27.9 Å². The van der Waals surface area contributed by atoms with Crippen molar-refractivity contribution in [2.45, 2.75) is 30.7 Å². The zero-order valence-electron chi connectivity index (χ0n) is 12.3. The van der Waals surface area contributed by atoms with Gasteiger partial charge in [0.1, 0.15) is 24.4 Å². The molecule has 1 aliphatic heterocycles. The van der Waals surface area contributed by atoms with Crippen LogP contribution in [-0.4, -0.2) is 80.4 Å². The third-order valence-electron chi connectivity index (χ3n) is 2.98. The van der Waals surface area contributed by atoms with Gasteiger partial charge in [-0.3, -0.25) is 4.18 Å². The first-order valence-electron chi connectivity index (χ1n) is 5.99. The Balaban J connectivity index is 3.04. The summed E-state index contributed by atoms with van der Waals surface area (Å²) >= 11 is 0. The molecule has 0 spiro atoms. The predicted molar refractivity (Wildman–Crippen MR) is 68.9 cm³/mol. The molecule has 0 aromatic carbocycles. The monoisotopic (exact) mass is 314 g/mol. The molecule has 0 aromatic heterocycles. The molecule has 0 aromatic rings. The molecule has 0 aliphatic carbocycles. The van der Waals surface area contributed by atoms with Crippen LogP contribution in [0.1, 0.15) is 0 Å². The highest BCUT2D eigenvalue weighted by molar-refractivity contribution is 7.86. The molecule has 120 valence electrons. The Kier molecular flexibility index (Phi) is 6.79. The van der Waals surface area contributed by atoms with Crippen molar-refractivity contribution in [3.8, 4) is 0 Å². The molecule has 0 bridgehead atoms.